The van der Waals surface area contributed by atoms with E-state index in [-0.39, 0.29) is 6.61 Å². The second-order valence-electron chi connectivity index (χ2n) is 3.74. The van der Waals surface area contributed by atoms with Gasteiger partial charge in [0.25, 0.3) is 0 Å². The summed E-state index contributed by atoms with van der Waals surface area (Å²) in [4.78, 5) is 11.5. The second-order valence-corrected chi connectivity index (χ2v) is 3.74. The number of aliphatic hydroxyl groups is 3. The van der Waals surface area contributed by atoms with E-state index in [4.69, 9.17) is 9.84 Å². The molecule has 0 aromatic heterocycles. The molecule has 0 aromatic carbocycles. The van der Waals surface area contributed by atoms with Gasteiger partial charge in [0.1, 0.15) is 12.5 Å². The molecule has 1 aliphatic heterocycles. The van der Waals surface area contributed by atoms with E-state index in [0.29, 0.717) is 0 Å². The number of esters is 1. The molecule has 0 aromatic rings. The second kappa shape index (κ2) is 5.55. The van der Waals surface area contributed by atoms with E-state index in [1.54, 1.807) is 13.8 Å². The molecule has 0 amide bonds. The summed E-state index contributed by atoms with van der Waals surface area (Å²) in [5, 5.41) is 33.1. The van der Waals surface area contributed by atoms with Crippen molar-refractivity contribution < 1.29 is 24.9 Å². The first-order chi connectivity index (χ1) is 7.47. The summed E-state index contributed by atoms with van der Waals surface area (Å²) in [6.45, 7) is 3.47. The van der Waals surface area contributed by atoms with Crippen LogP contribution in [0.2, 0.25) is 0 Å². The lowest BCUT2D eigenvalue weighted by molar-refractivity contribution is -0.167. The first kappa shape index (κ1) is 13.3. The van der Waals surface area contributed by atoms with E-state index in [1.165, 1.54) is 0 Å². The third-order valence-electron chi connectivity index (χ3n) is 2.62. The highest BCUT2D eigenvalue weighted by Crippen LogP contribution is 2.22. The number of ether oxygens (including phenoxy) is 1. The molecule has 0 bridgehead atoms. The highest BCUT2D eigenvalue weighted by Gasteiger charge is 2.41. The van der Waals surface area contributed by atoms with Crippen molar-refractivity contribution in [2.75, 3.05) is 6.61 Å². The maximum atomic E-state index is 11.5. The normalized spacial score (nSPS) is 36.8. The molecule has 5 atom stereocenters. The molecule has 94 valence electrons. The molecule has 16 heavy (non-hydrogen) atoms. The summed E-state index contributed by atoms with van der Waals surface area (Å²) in [6.07, 6.45) is -3.55. The van der Waals surface area contributed by atoms with Gasteiger partial charge < -0.3 is 20.1 Å². The zero-order valence-electron chi connectivity index (χ0n) is 9.25. The molecule has 7 nitrogen and oxygen atoms in total. The summed E-state index contributed by atoms with van der Waals surface area (Å²) in [6, 6.07) is 0. The van der Waals surface area contributed by atoms with Crippen molar-refractivity contribution in [3.8, 4) is 0 Å². The van der Waals surface area contributed by atoms with Gasteiger partial charge in [-0.05, 0) is 6.92 Å². The number of carbonyl (C=O) groups is 1. The van der Waals surface area contributed by atoms with Crippen LogP contribution in [0, 0.1) is 11.8 Å². The highest BCUT2D eigenvalue weighted by molar-refractivity contribution is 5.72. The van der Waals surface area contributed by atoms with Crippen molar-refractivity contribution in [3.63, 3.8) is 0 Å². The van der Waals surface area contributed by atoms with Crippen molar-refractivity contribution in [2.24, 2.45) is 11.8 Å². The maximum absolute atomic E-state index is 11.5. The van der Waals surface area contributed by atoms with E-state index in [0.717, 1.165) is 0 Å². The Bertz CT molecular complexity index is 238. The third kappa shape index (κ3) is 2.89. The Kier molecular flexibility index (Phi) is 4.63. The Morgan fingerprint density at radius 1 is 1.31 bits per heavy atom. The van der Waals surface area contributed by atoms with Crippen molar-refractivity contribution in [1.29, 1.82) is 0 Å². The summed E-state index contributed by atoms with van der Waals surface area (Å²) >= 11 is 0. The molecule has 1 rings (SSSR count). The lowest BCUT2D eigenvalue weighted by Gasteiger charge is -2.39. The van der Waals surface area contributed by atoms with Crippen LogP contribution in [0.5, 0.6) is 0 Å². The van der Waals surface area contributed by atoms with Gasteiger partial charge in [-0.2, -0.15) is 0 Å². The Hall–Kier alpha value is -0.730. The summed E-state index contributed by atoms with van der Waals surface area (Å²) in [5.41, 5.74) is 0. The molecule has 1 heterocycles. The maximum Gasteiger partial charge on any atom is 0.309 e. The van der Waals surface area contributed by atoms with Gasteiger partial charge in [-0.3, -0.25) is 15.4 Å². The minimum absolute atomic E-state index is 0.242. The lowest BCUT2D eigenvalue weighted by Crippen LogP contribution is -2.65. The molecule has 1 saturated heterocycles. The third-order valence-corrected chi connectivity index (χ3v) is 2.62. The highest BCUT2D eigenvalue weighted by atomic mass is 16.5. The predicted molar refractivity (Wildman–Crippen MR) is 53.6 cm³/mol. The van der Waals surface area contributed by atoms with Crippen molar-refractivity contribution in [3.05, 3.63) is 0 Å². The first-order valence-electron chi connectivity index (χ1n) is 5.20. The fraction of sp³-hybridized carbons (Fsp3) is 0.889. The fourth-order valence-electron chi connectivity index (χ4n) is 1.74. The van der Waals surface area contributed by atoms with Gasteiger partial charge >= 0.3 is 5.97 Å². The minimum atomic E-state index is -1.20. The summed E-state index contributed by atoms with van der Waals surface area (Å²) < 4.78 is 4.80. The largest absolute Gasteiger partial charge is 0.466 e. The molecular weight excluding hydrogens is 216 g/mol. The van der Waals surface area contributed by atoms with Gasteiger partial charge in [0.05, 0.1) is 18.4 Å². The minimum Gasteiger partial charge on any atom is -0.466 e. The number of carbonyl (C=O) groups excluding carboxylic acids is 1. The average Bonchev–Trinajstić information content (AvgIpc) is 2.16. The van der Waals surface area contributed by atoms with E-state index < -0.39 is 36.6 Å². The molecule has 5 N–H and O–H groups in total. The van der Waals surface area contributed by atoms with Crippen LogP contribution in [-0.4, -0.2) is 46.7 Å². The van der Waals surface area contributed by atoms with Gasteiger partial charge in [-0.15, -0.1) is 0 Å². The zero-order valence-corrected chi connectivity index (χ0v) is 9.25. The van der Waals surface area contributed by atoms with E-state index in [1.807, 2.05) is 0 Å². The van der Waals surface area contributed by atoms with Crippen LogP contribution in [0.1, 0.15) is 13.8 Å². The SMILES string of the molecule is CCOC(=O)C(C)C1C(O)NC(O)N[C@H]1O. The molecule has 1 aliphatic rings. The predicted octanol–water partition coefficient (Wildman–Crippen LogP) is -2.09. The quantitative estimate of drug-likeness (QED) is 0.356. The van der Waals surface area contributed by atoms with Crippen LogP contribution in [-0.2, 0) is 9.53 Å². The first-order valence-corrected chi connectivity index (χ1v) is 5.20. The number of hydrogen-bond donors (Lipinski definition) is 5. The Labute approximate surface area is 93.4 Å². The van der Waals surface area contributed by atoms with Crippen molar-refractivity contribution in [1.82, 2.24) is 10.6 Å². The Morgan fingerprint density at radius 2 is 1.81 bits per heavy atom. The van der Waals surface area contributed by atoms with Gasteiger partial charge in [0, 0.05) is 0 Å². The molecule has 0 aliphatic carbocycles. The monoisotopic (exact) mass is 234 g/mol. The van der Waals surface area contributed by atoms with E-state index in [2.05, 4.69) is 10.6 Å². The average molecular weight is 234 g/mol. The van der Waals surface area contributed by atoms with E-state index in [9.17, 15) is 15.0 Å². The lowest BCUT2D eigenvalue weighted by atomic mass is 9.89. The van der Waals surface area contributed by atoms with E-state index >= 15 is 0 Å². The molecular formula is C9H18N2O5. The Morgan fingerprint density at radius 3 is 2.25 bits per heavy atom. The number of rotatable bonds is 3. The number of hydrogen-bond acceptors (Lipinski definition) is 7. The zero-order chi connectivity index (χ0) is 12.3. The smallest absolute Gasteiger partial charge is 0.309 e. The van der Waals surface area contributed by atoms with Gasteiger partial charge in [0.2, 0.25) is 0 Å². The molecule has 0 spiro atoms. The molecule has 7 heteroatoms. The summed E-state index contributed by atoms with van der Waals surface area (Å²) in [5.74, 6) is -1.95. The fourth-order valence-corrected chi connectivity index (χ4v) is 1.74. The van der Waals surface area contributed by atoms with Crippen molar-refractivity contribution in [2.45, 2.75) is 32.7 Å². The van der Waals surface area contributed by atoms with Crippen LogP contribution in [0.25, 0.3) is 0 Å². The standard InChI is InChI=1S/C9H18N2O5/c1-3-16-8(14)4(2)5-6(12)10-9(15)11-7(5)13/h4-7,9-13,15H,3H2,1-2H3/t4?,5?,6-,7?,9?/m0/s1. The van der Waals surface area contributed by atoms with Crippen LogP contribution in [0.4, 0.5) is 0 Å². The van der Waals surface area contributed by atoms with Crippen LogP contribution in [0.15, 0.2) is 0 Å². The van der Waals surface area contributed by atoms with Crippen LogP contribution < -0.4 is 10.6 Å². The number of aliphatic hydroxyl groups excluding tert-OH is 3. The summed E-state index contributed by atoms with van der Waals surface area (Å²) in [7, 11) is 0. The van der Waals surface area contributed by atoms with Crippen LogP contribution in [0.3, 0.4) is 0 Å². The van der Waals surface area contributed by atoms with Crippen LogP contribution >= 0.6 is 0 Å². The molecule has 4 unspecified atom stereocenters. The Balaban J connectivity index is 2.66. The molecule has 0 saturated carbocycles. The van der Waals surface area contributed by atoms with Gasteiger partial charge in [-0.25, -0.2) is 0 Å². The molecule has 1 fully saturated rings. The topological polar surface area (TPSA) is 111 Å². The number of nitrogens with one attached hydrogen (secondary N) is 2. The van der Waals surface area contributed by atoms with Gasteiger partial charge in [-0.1, -0.05) is 6.92 Å². The van der Waals surface area contributed by atoms with Crippen molar-refractivity contribution >= 4 is 5.97 Å². The molecule has 0 radical (unpaired) electrons. The van der Waals surface area contributed by atoms with Gasteiger partial charge in [0.15, 0.2) is 6.35 Å².